The van der Waals surface area contributed by atoms with Crippen LogP contribution in [0.4, 0.5) is 0 Å². The van der Waals surface area contributed by atoms with Crippen LogP contribution in [-0.4, -0.2) is 36.9 Å². The summed E-state index contributed by atoms with van der Waals surface area (Å²) in [7, 11) is 2.73. The lowest BCUT2D eigenvalue weighted by atomic mass is 9.75. The summed E-state index contributed by atoms with van der Waals surface area (Å²) < 4.78 is 10.2. The third-order valence-corrected chi connectivity index (χ3v) is 5.73. The molecule has 6 nitrogen and oxygen atoms in total. The molecule has 29 heavy (non-hydrogen) atoms. The summed E-state index contributed by atoms with van der Waals surface area (Å²) in [6.07, 6.45) is 2.87. The van der Waals surface area contributed by atoms with Crippen molar-refractivity contribution in [3.05, 3.63) is 69.3 Å². The molecule has 0 aliphatic heterocycles. The molecule has 0 fully saturated rings. The van der Waals surface area contributed by atoms with E-state index in [2.05, 4.69) is 0 Å². The Morgan fingerprint density at radius 3 is 2.55 bits per heavy atom. The number of methoxy groups -OCH3 is 2. The Kier molecular flexibility index (Phi) is 4.49. The predicted octanol–water partition coefficient (Wildman–Crippen LogP) is 3.33. The van der Waals surface area contributed by atoms with E-state index in [0.29, 0.717) is 24.0 Å². The zero-order chi connectivity index (χ0) is 20.9. The molecule has 4 rings (SSSR count). The minimum atomic E-state index is -0.709. The van der Waals surface area contributed by atoms with E-state index in [0.717, 1.165) is 5.57 Å². The molecule has 0 aromatic heterocycles. The number of phenolic OH excluding ortho intramolecular Hbond substituents is 1. The molecule has 0 amide bonds. The highest BCUT2D eigenvalue weighted by Gasteiger charge is 2.39. The Hall–Kier alpha value is -3.41. The van der Waals surface area contributed by atoms with Crippen LogP contribution in [0.1, 0.15) is 62.2 Å². The molecule has 2 aliphatic carbocycles. The van der Waals surface area contributed by atoms with Gasteiger partial charge in [0.25, 0.3) is 0 Å². The normalized spacial score (nSPS) is 17.1. The molecule has 1 atom stereocenters. The second kappa shape index (κ2) is 6.88. The number of ketones is 2. The Balaban J connectivity index is 1.99. The molecule has 0 heterocycles. The topological polar surface area (TPSA) is 89.9 Å². The number of aromatic hydroxyl groups is 1. The number of hydrogen-bond donors (Lipinski definition) is 1. The van der Waals surface area contributed by atoms with Crippen molar-refractivity contribution in [1.82, 2.24) is 0 Å². The summed E-state index contributed by atoms with van der Waals surface area (Å²) in [6, 6.07) is 6.37. The lowest BCUT2D eigenvalue weighted by molar-refractivity contribution is -0.141. The van der Waals surface area contributed by atoms with Gasteiger partial charge >= 0.3 is 5.97 Å². The SMILES string of the molecule is CCC1=CCc2c(cc3c(c2O)C(=O)c2c(OC)cccc2C3=O)C1C(=O)OC. The van der Waals surface area contributed by atoms with Crippen LogP contribution in [0.25, 0.3) is 0 Å². The molecule has 2 aromatic rings. The number of rotatable bonds is 3. The van der Waals surface area contributed by atoms with Gasteiger partial charge in [-0.2, -0.15) is 0 Å². The Morgan fingerprint density at radius 1 is 1.14 bits per heavy atom. The predicted molar refractivity (Wildman–Crippen MR) is 105 cm³/mol. The number of carbonyl (C=O) groups is 3. The van der Waals surface area contributed by atoms with E-state index in [-0.39, 0.29) is 39.5 Å². The molecule has 1 unspecified atom stereocenters. The van der Waals surface area contributed by atoms with Crippen LogP contribution in [0.3, 0.4) is 0 Å². The summed E-state index contributed by atoms with van der Waals surface area (Å²) >= 11 is 0. The summed E-state index contributed by atoms with van der Waals surface area (Å²) in [5.41, 5.74) is 2.27. The smallest absolute Gasteiger partial charge is 0.317 e. The molecule has 0 bridgehead atoms. The zero-order valence-electron chi connectivity index (χ0n) is 16.4. The lowest BCUT2D eigenvalue weighted by Gasteiger charge is -2.29. The number of esters is 1. The fourth-order valence-corrected chi connectivity index (χ4v) is 4.30. The van der Waals surface area contributed by atoms with Crippen LogP contribution in [0.2, 0.25) is 0 Å². The van der Waals surface area contributed by atoms with E-state index in [9.17, 15) is 19.5 Å². The van der Waals surface area contributed by atoms with Crippen molar-refractivity contribution in [3.63, 3.8) is 0 Å². The van der Waals surface area contributed by atoms with Gasteiger partial charge in [-0.3, -0.25) is 14.4 Å². The van der Waals surface area contributed by atoms with Crippen molar-refractivity contribution in [1.29, 1.82) is 0 Å². The third-order valence-electron chi connectivity index (χ3n) is 5.73. The quantitative estimate of drug-likeness (QED) is 0.543. The van der Waals surface area contributed by atoms with Gasteiger partial charge in [-0.1, -0.05) is 30.7 Å². The first-order chi connectivity index (χ1) is 13.9. The monoisotopic (exact) mass is 392 g/mol. The highest BCUT2D eigenvalue weighted by atomic mass is 16.5. The largest absolute Gasteiger partial charge is 0.507 e. The molecular formula is C23H20O6. The van der Waals surface area contributed by atoms with Crippen LogP contribution in [-0.2, 0) is 16.0 Å². The highest BCUT2D eigenvalue weighted by Crippen LogP contribution is 2.45. The standard InChI is InChI=1S/C23H20O6/c1-4-11-8-9-12-14(17(11)23(27)29-3)10-15-19(21(12)25)22(26)18-13(20(15)24)6-5-7-16(18)28-2/h5-8,10,17,25H,4,9H2,1-3H3. The number of hydrogen-bond acceptors (Lipinski definition) is 6. The van der Waals surface area contributed by atoms with Crippen molar-refractivity contribution < 1.29 is 29.0 Å². The van der Waals surface area contributed by atoms with Crippen LogP contribution in [0, 0.1) is 0 Å². The number of fused-ring (bicyclic) bond motifs is 3. The van der Waals surface area contributed by atoms with Crippen LogP contribution >= 0.6 is 0 Å². The summed E-state index contributed by atoms with van der Waals surface area (Å²) in [4.78, 5) is 38.9. The van der Waals surface area contributed by atoms with Gasteiger partial charge in [-0.05, 0) is 30.5 Å². The Labute approximate surface area is 167 Å². The van der Waals surface area contributed by atoms with Crippen LogP contribution < -0.4 is 4.74 Å². The minimum absolute atomic E-state index is 0.0392. The molecule has 2 aromatic carbocycles. The van der Waals surface area contributed by atoms with Gasteiger partial charge in [0.15, 0.2) is 5.78 Å². The first-order valence-electron chi connectivity index (χ1n) is 9.36. The summed E-state index contributed by atoms with van der Waals surface area (Å²) in [5.74, 6) is -2.00. The van der Waals surface area contributed by atoms with Gasteiger partial charge in [0.2, 0.25) is 5.78 Å². The van der Waals surface area contributed by atoms with E-state index in [1.807, 2.05) is 13.0 Å². The molecule has 0 radical (unpaired) electrons. The molecule has 148 valence electrons. The van der Waals surface area contributed by atoms with E-state index in [1.165, 1.54) is 14.2 Å². The molecule has 0 saturated heterocycles. The van der Waals surface area contributed by atoms with Crippen LogP contribution in [0.5, 0.6) is 11.5 Å². The summed E-state index contributed by atoms with van der Waals surface area (Å²) in [5, 5.41) is 11.0. The van der Waals surface area contributed by atoms with Crippen molar-refractivity contribution >= 4 is 17.5 Å². The molecule has 6 heteroatoms. The average molecular weight is 392 g/mol. The zero-order valence-corrected chi connectivity index (χ0v) is 16.4. The maximum Gasteiger partial charge on any atom is 0.317 e. The van der Waals surface area contributed by atoms with Gasteiger partial charge in [-0.25, -0.2) is 0 Å². The van der Waals surface area contributed by atoms with Gasteiger partial charge in [0.1, 0.15) is 17.4 Å². The Morgan fingerprint density at radius 2 is 1.90 bits per heavy atom. The van der Waals surface area contributed by atoms with E-state index < -0.39 is 17.7 Å². The van der Waals surface area contributed by atoms with Crippen LogP contribution in [0.15, 0.2) is 35.9 Å². The number of phenols is 1. The fraction of sp³-hybridized carbons (Fsp3) is 0.261. The van der Waals surface area contributed by atoms with Gasteiger partial charge in [0.05, 0.1) is 25.3 Å². The number of allylic oxidation sites excluding steroid dienone is 1. The third kappa shape index (κ3) is 2.59. The number of ether oxygens (including phenoxy) is 2. The average Bonchev–Trinajstić information content (AvgIpc) is 2.75. The second-order valence-electron chi connectivity index (χ2n) is 7.05. The van der Waals surface area contributed by atoms with Gasteiger partial charge in [0, 0.05) is 16.7 Å². The van der Waals surface area contributed by atoms with E-state index in [4.69, 9.17) is 9.47 Å². The van der Waals surface area contributed by atoms with Crippen molar-refractivity contribution in [2.24, 2.45) is 0 Å². The van der Waals surface area contributed by atoms with E-state index in [1.54, 1.807) is 24.3 Å². The van der Waals surface area contributed by atoms with Crippen molar-refractivity contribution in [3.8, 4) is 11.5 Å². The fourth-order valence-electron chi connectivity index (χ4n) is 4.30. The van der Waals surface area contributed by atoms with Crippen molar-refractivity contribution in [2.45, 2.75) is 25.7 Å². The van der Waals surface area contributed by atoms with Crippen molar-refractivity contribution in [2.75, 3.05) is 14.2 Å². The number of benzene rings is 2. The van der Waals surface area contributed by atoms with Gasteiger partial charge in [-0.15, -0.1) is 0 Å². The molecule has 2 aliphatic rings. The van der Waals surface area contributed by atoms with E-state index >= 15 is 0 Å². The second-order valence-corrected chi connectivity index (χ2v) is 7.05. The first kappa shape index (κ1) is 18.9. The first-order valence-corrected chi connectivity index (χ1v) is 9.36. The number of carbonyl (C=O) groups excluding carboxylic acids is 3. The molecular weight excluding hydrogens is 372 g/mol. The summed E-state index contributed by atoms with van der Waals surface area (Å²) in [6.45, 7) is 1.93. The maximum absolute atomic E-state index is 13.2. The van der Waals surface area contributed by atoms with Gasteiger partial charge < -0.3 is 14.6 Å². The molecule has 0 saturated carbocycles. The Bertz CT molecular complexity index is 1110. The molecule has 0 spiro atoms. The highest BCUT2D eigenvalue weighted by molar-refractivity contribution is 6.30. The lowest BCUT2D eigenvalue weighted by Crippen LogP contribution is -2.26. The minimum Gasteiger partial charge on any atom is -0.507 e. The molecule has 1 N–H and O–H groups in total. The maximum atomic E-state index is 13.2.